The SMILES string of the molecule is O=S1(=O)CCc2nc(CCl)sc2C1. The molecular formula is C7H8ClNO2S2. The predicted molar refractivity (Wildman–Crippen MR) is 52.9 cm³/mol. The molecule has 2 rings (SSSR count). The molecule has 1 aromatic rings. The van der Waals surface area contributed by atoms with Gasteiger partial charge in [-0.25, -0.2) is 13.4 Å². The molecule has 1 aliphatic heterocycles. The Hall–Kier alpha value is -0.130. The number of halogens is 1. The molecule has 0 unspecified atom stereocenters. The van der Waals surface area contributed by atoms with E-state index in [1.165, 1.54) is 11.3 Å². The molecule has 0 bridgehead atoms. The maximum Gasteiger partial charge on any atom is 0.155 e. The number of aromatic nitrogens is 1. The van der Waals surface area contributed by atoms with Crippen LogP contribution in [0.4, 0.5) is 0 Å². The Morgan fingerprint density at radius 3 is 3.00 bits per heavy atom. The van der Waals surface area contributed by atoms with Crippen molar-refractivity contribution in [2.75, 3.05) is 5.75 Å². The Morgan fingerprint density at radius 2 is 2.31 bits per heavy atom. The van der Waals surface area contributed by atoms with E-state index in [4.69, 9.17) is 11.6 Å². The van der Waals surface area contributed by atoms with Gasteiger partial charge < -0.3 is 0 Å². The summed E-state index contributed by atoms with van der Waals surface area (Å²) in [6.45, 7) is 0. The van der Waals surface area contributed by atoms with Gasteiger partial charge in [0, 0.05) is 11.3 Å². The zero-order chi connectivity index (χ0) is 9.47. The van der Waals surface area contributed by atoms with Crippen LogP contribution in [0.3, 0.4) is 0 Å². The van der Waals surface area contributed by atoms with Crippen LogP contribution < -0.4 is 0 Å². The number of aryl methyl sites for hydroxylation is 1. The van der Waals surface area contributed by atoms with E-state index >= 15 is 0 Å². The van der Waals surface area contributed by atoms with Gasteiger partial charge in [0.15, 0.2) is 9.84 Å². The zero-order valence-corrected chi connectivity index (χ0v) is 9.18. The minimum Gasteiger partial charge on any atom is -0.245 e. The molecule has 0 fully saturated rings. The van der Waals surface area contributed by atoms with E-state index < -0.39 is 9.84 Å². The van der Waals surface area contributed by atoms with Crippen LogP contribution in [0.2, 0.25) is 0 Å². The van der Waals surface area contributed by atoms with E-state index in [1.807, 2.05) is 0 Å². The largest absolute Gasteiger partial charge is 0.245 e. The summed E-state index contributed by atoms with van der Waals surface area (Å²) in [6, 6.07) is 0. The molecule has 0 atom stereocenters. The molecule has 6 heteroatoms. The Balaban J connectivity index is 2.40. The van der Waals surface area contributed by atoms with Gasteiger partial charge in [0.1, 0.15) is 5.01 Å². The van der Waals surface area contributed by atoms with Gasteiger partial charge in [-0.2, -0.15) is 0 Å². The van der Waals surface area contributed by atoms with Gasteiger partial charge in [-0.1, -0.05) is 0 Å². The van der Waals surface area contributed by atoms with Gasteiger partial charge in [-0.05, 0) is 0 Å². The first-order valence-corrected chi connectivity index (χ1v) is 7.02. The molecule has 2 heterocycles. The maximum atomic E-state index is 11.3. The van der Waals surface area contributed by atoms with E-state index in [-0.39, 0.29) is 11.5 Å². The second-order valence-corrected chi connectivity index (χ2v) is 6.57. The first-order chi connectivity index (χ1) is 6.11. The topological polar surface area (TPSA) is 47.0 Å². The van der Waals surface area contributed by atoms with Crippen molar-refractivity contribution in [1.82, 2.24) is 4.98 Å². The average molecular weight is 238 g/mol. The van der Waals surface area contributed by atoms with Crippen molar-refractivity contribution in [1.29, 1.82) is 0 Å². The van der Waals surface area contributed by atoms with Crippen LogP contribution in [0.25, 0.3) is 0 Å². The van der Waals surface area contributed by atoms with Crippen LogP contribution in [0.15, 0.2) is 0 Å². The molecule has 0 radical (unpaired) electrons. The normalized spacial score (nSPS) is 19.8. The summed E-state index contributed by atoms with van der Waals surface area (Å²) in [4.78, 5) is 5.13. The Bertz CT molecular complexity index is 424. The van der Waals surface area contributed by atoms with E-state index in [9.17, 15) is 8.42 Å². The number of hydrogen-bond donors (Lipinski definition) is 0. The van der Waals surface area contributed by atoms with E-state index in [2.05, 4.69) is 4.98 Å². The highest BCUT2D eigenvalue weighted by Crippen LogP contribution is 2.26. The van der Waals surface area contributed by atoms with Gasteiger partial charge in [0.2, 0.25) is 0 Å². The van der Waals surface area contributed by atoms with Crippen LogP contribution in [0.5, 0.6) is 0 Å². The van der Waals surface area contributed by atoms with E-state index in [1.54, 1.807) is 0 Å². The Morgan fingerprint density at radius 1 is 1.54 bits per heavy atom. The third-order valence-electron chi connectivity index (χ3n) is 1.94. The monoisotopic (exact) mass is 237 g/mol. The van der Waals surface area contributed by atoms with Gasteiger partial charge in [-0.15, -0.1) is 22.9 Å². The Labute approximate surface area is 85.7 Å². The molecule has 13 heavy (non-hydrogen) atoms. The molecule has 0 saturated carbocycles. The molecule has 0 N–H and O–H groups in total. The van der Waals surface area contributed by atoms with Crippen molar-refractivity contribution in [2.45, 2.75) is 18.1 Å². The van der Waals surface area contributed by atoms with E-state index in [0.717, 1.165) is 15.6 Å². The first-order valence-electron chi connectivity index (χ1n) is 3.84. The van der Waals surface area contributed by atoms with Crippen molar-refractivity contribution >= 4 is 32.8 Å². The number of fused-ring (bicyclic) bond motifs is 1. The molecular weight excluding hydrogens is 230 g/mol. The third kappa shape index (κ3) is 1.87. The quantitative estimate of drug-likeness (QED) is 0.693. The molecule has 1 aliphatic rings. The molecule has 0 saturated heterocycles. The molecule has 0 spiro atoms. The van der Waals surface area contributed by atoms with Crippen LogP contribution in [-0.2, 0) is 27.9 Å². The highest BCUT2D eigenvalue weighted by Gasteiger charge is 2.24. The van der Waals surface area contributed by atoms with Crippen LogP contribution >= 0.6 is 22.9 Å². The van der Waals surface area contributed by atoms with Crippen molar-refractivity contribution in [3.8, 4) is 0 Å². The van der Waals surface area contributed by atoms with Gasteiger partial charge in [-0.3, -0.25) is 0 Å². The number of alkyl halides is 1. The lowest BCUT2D eigenvalue weighted by Gasteiger charge is -2.09. The summed E-state index contributed by atoms with van der Waals surface area (Å²) < 4.78 is 22.5. The molecule has 0 amide bonds. The lowest BCUT2D eigenvalue weighted by Crippen LogP contribution is -2.17. The maximum absolute atomic E-state index is 11.3. The average Bonchev–Trinajstić information content (AvgIpc) is 2.44. The summed E-state index contributed by atoms with van der Waals surface area (Å²) in [5.41, 5.74) is 0.926. The number of nitrogens with zero attached hydrogens (tertiary/aromatic N) is 1. The van der Waals surface area contributed by atoms with Crippen LogP contribution in [0.1, 0.15) is 15.6 Å². The van der Waals surface area contributed by atoms with Crippen LogP contribution in [0, 0.1) is 0 Å². The molecule has 0 aromatic carbocycles. The number of hydrogen-bond acceptors (Lipinski definition) is 4. The predicted octanol–water partition coefficient (Wildman–Crippen LogP) is 1.35. The number of thiazole rings is 1. The molecule has 1 aromatic heterocycles. The van der Waals surface area contributed by atoms with Crippen molar-refractivity contribution in [2.24, 2.45) is 0 Å². The minimum atomic E-state index is -2.86. The van der Waals surface area contributed by atoms with Crippen molar-refractivity contribution in [3.63, 3.8) is 0 Å². The fraction of sp³-hybridized carbons (Fsp3) is 0.571. The van der Waals surface area contributed by atoms with Gasteiger partial charge in [0.25, 0.3) is 0 Å². The highest BCUT2D eigenvalue weighted by molar-refractivity contribution is 7.90. The minimum absolute atomic E-state index is 0.150. The molecule has 72 valence electrons. The van der Waals surface area contributed by atoms with E-state index in [0.29, 0.717) is 12.3 Å². The second-order valence-electron chi connectivity index (χ2n) is 2.95. The smallest absolute Gasteiger partial charge is 0.155 e. The lowest BCUT2D eigenvalue weighted by molar-refractivity contribution is 0.591. The number of sulfone groups is 1. The van der Waals surface area contributed by atoms with Crippen LogP contribution in [-0.4, -0.2) is 19.2 Å². The summed E-state index contributed by atoms with van der Waals surface area (Å²) >= 11 is 7.03. The van der Waals surface area contributed by atoms with Crippen molar-refractivity contribution < 1.29 is 8.42 Å². The summed E-state index contributed by atoms with van der Waals surface area (Å²) in [6.07, 6.45) is 0.547. The fourth-order valence-corrected chi connectivity index (χ4v) is 4.30. The molecule has 0 aliphatic carbocycles. The lowest BCUT2D eigenvalue weighted by atomic mass is 10.3. The van der Waals surface area contributed by atoms with Gasteiger partial charge >= 0.3 is 0 Å². The standard InChI is InChI=1S/C7H8ClNO2S2/c8-3-7-9-5-1-2-13(10,11)4-6(5)12-7/h1-4H2. The van der Waals surface area contributed by atoms with Crippen molar-refractivity contribution in [3.05, 3.63) is 15.6 Å². The highest BCUT2D eigenvalue weighted by atomic mass is 35.5. The first kappa shape index (κ1) is 9.43. The molecule has 3 nitrogen and oxygen atoms in total. The fourth-order valence-electron chi connectivity index (χ4n) is 1.33. The summed E-state index contributed by atoms with van der Waals surface area (Å²) in [5.74, 6) is 0.750. The summed E-state index contributed by atoms with van der Waals surface area (Å²) in [7, 11) is -2.86. The summed E-state index contributed by atoms with van der Waals surface area (Å²) in [5, 5.41) is 0.823. The third-order valence-corrected chi connectivity index (χ3v) is 5.18. The number of rotatable bonds is 1. The zero-order valence-electron chi connectivity index (χ0n) is 6.79. The van der Waals surface area contributed by atoms with Gasteiger partial charge in [0.05, 0.1) is 23.1 Å². The Kier molecular flexibility index (Phi) is 2.33. The second kappa shape index (κ2) is 3.22.